The molecule has 1 aliphatic rings. The summed E-state index contributed by atoms with van der Waals surface area (Å²) in [5, 5.41) is 2.59. The molecule has 100 valence electrons. The van der Waals surface area contributed by atoms with Gasteiger partial charge in [-0.25, -0.2) is 0 Å². The summed E-state index contributed by atoms with van der Waals surface area (Å²) in [7, 11) is 1.61. The van der Waals surface area contributed by atoms with Gasteiger partial charge in [0.25, 0.3) is 5.91 Å². The lowest BCUT2D eigenvalue weighted by molar-refractivity contribution is -0.0558. The molecule has 1 saturated heterocycles. The first-order valence-corrected chi connectivity index (χ1v) is 7.77. The molecule has 0 radical (unpaired) electrons. The molecule has 0 aliphatic carbocycles. The van der Waals surface area contributed by atoms with Crippen LogP contribution in [0.2, 0.25) is 0 Å². The van der Waals surface area contributed by atoms with Crippen LogP contribution in [0.5, 0.6) is 5.75 Å². The molecular weight excluding hydrogens is 318 g/mol. The molecule has 0 bridgehead atoms. The maximum Gasteiger partial charge on any atom is 0.264 e. The van der Waals surface area contributed by atoms with E-state index in [0.717, 1.165) is 11.1 Å². The van der Waals surface area contributed by atoms with Crippen LogP contribution in [0.25, 0.3) is 0 Å². The molecule has 0 saturated carbocycles. The van der Waals surface area contributed by atoms with Crippen LogP contribution >= 0.6 is 27.3 Å². The lowest BCUT2D eigenvalue weighted by atomic mass is 10.2. The first-order chi connectivity index (χ1) is 8.63. The SMILES string of the molecule is COc1csc(C(=O)N2CC(C)OC(CBr)C2)c1. The quantitative estimate of drug-likeness (QED) is 0.797. The second-order valence-electron chi connectivity index (χ2n) is 4.28. The molecule has 1 amide bonds. The van der Waals surface area contributed by atoms with Gasteiger partial charge in [-0.2, -0.15) is 0 Å². The molecule has 2 unspecified atom stereocenters. The topological polar surface area (TPSA) is 38.8 Å². The Morgan fingerprint density at radius 3 is 3.06 bits per heavy atom. The Balaban J connectivity index is 2.07. The third-order valence-corrected chi connectivity index (χ3v) is 4.43. The molecule has 0 spiro atoms. The maximum absolute atomic E-state index is 12.3. The summed E-state index contributed by atoms with van der Waals surface area (Å²) in [6.07, 6.45) is 0.145. The van der Waals surface area contributed by atoms with Gasteiger partial charge in [0.05, 0.1) is 24.2 Å². The molecule has 0 N–H and O–H groups in total. The predicted octanol–water partition coefficient (Wildman–Crippen LogP) is 2.38. The lowest BCUT2D eigenvalue weighted by Crippen LogP contribution is -2.49. The number of carbonyl (C=O) groups excluding carboxylic acids is 1. The summed E-state index contributed by atoms with van der Waals surface area (Å²) in [6.45, 7) is 3.27. The second-order valence-corrected chi connectivity index (χ2v) is 5.84. The third-order valence-electron chi connectivity index (χ3n) is 2.81. The fraction of sp³-hybridized carbons (Fsp3) is 0.583. The number of rotatable bonds is 3. The first kappa shape index (κ1) is 13.8. The number of ether oxygens (including phenoxy) is 2. The Labute approximate surface area is 119 Å². The van der Waals surface area contributed by atoms with Gasteiger partial charge in [-0.05, 0) is 6.92 Å². The van der Waals surface area contributed by atoms with Crippen LogP contribution < -0.4 is 4.74 Å². The fourth-order valence-electron chi connectivity index (χ4n) is 1.99. The van der Waals surface area contributed by atoms with Crippen LogP contribution in [0.15, 0.2) is 11.4 Å². The number of hydrogen-bond acceptors (Lipinski definition) is 4. The Bertz CT molecular complexity index is 423. The van der Waals surface area contributed by atoms with Gasteiger partial charge in [0, 0.05) is 29.9 Å². The molecule has 1 aliphatic heterocycles. The van der Waals surface area contributed by atoms with E-state index in [1.165, 1.54) is 11.3 Å². The number of hydrogen-bond donors (Lipinski definition) is 0. The van der Waals surface area contributed by atoms with Crippen molar-refractivity contribution in [3.8, 4) is 5.75 Å². The van der Waals surface area contributed by atoms with Gasteiger partial charge in [-0.3, -0.25) is 4.79 Å². The average Bonchev–Trinajstić information content (AvgIpc) is 2.85. The number of methoxy groups -OCH3 is 1. The molecule has 6 heteroatoms. The van der Waals surface area contributed by atoms with Crippen LogP contribution in [0.4, 0.5) is 0 Å². The zero-order valence-corrected chi connectivity index (χ0v) is 12.8. The number of nitrogens with zero attached hydrogens (tertiary/aromatic N) is 1. The van der Waals surface area contributed by atoms with Gasteiger partial charge >= 0.3 is 0 Å². The van der Waals surface area contributed by atoms with Crippen LogP contribution in [-0.4, -0.2) is 48.5 Å². The van der Waals surface area contributed by atoms with Crippen molar-refractivity contribution in [3.63, 3.8) is 0 Å². The molecule has 2 atom stereocenters. The monoisotopic (exact) mass is 333 g/mol. The Morgan fingerprint density at radius 2 is 2.44 bits per heavy atom. The number of thiophene rings is 1. The van der Waals surface area contributed by atoms with E-state index < -0.39 is 0 Å². The average molecular weight is 334 g/mol. The van der Waals surface area contributed by atoms with E-state index >= 15 is 0 Å². The van der Waals surface area contributed by atoms with E-state index in [1.54, 1.807) is 13.2 Å². The van der Waals surface area contributed by atoms with Crippen molar-refractivity contribution < 1.29 is 14.3 Å². The molecule has 1 aromatic rings. The molecule has 18 heavy (non-hydrogen) atoms. The number of halogens is 1. The van der Waals surface area contributed by atoms with E-state index in [1.807, 2.05) is 17.2 Å². The molecule has 0 aromatic carbocycles. The highest BCUT2D eigenvalue weighted by Crippen LogP contribution is 2.24. The molecular formula is C12H16BrNO3S. The van der Waals surface area contributed by atoms with Crippen molar-refractivity contribution in [1.29, 1.82) is 0 Å². The lowest BCUT2D eigenvalue weighted by Gasteiger charge is -2.35. The zero-order chi connectivity index (χ0) is 13.1. The van der Waals surface area contributed by atoms with Crippen molar-refractivity contribution >= 4 is 33.2 Å². The number of carbonyl (C=O) groups is 1. The normalized spacial score (nSPS) is 24.1. The molecule has 1 aromatic heterocycles. The Morgan fingerprint density at radius 1 is 1.67 bits per heavy atom. The summed E-state index contributed by atoms with van der Waals surface area (Å²) in [4.78, 5) is 14.9. The highest BCUT2D eigenvalue weighted by atomic mass is 79.9. The summed E-state index contributed by atoms with van der Waals surface area (Å²) in [5.41, 5.74) is 0. The van der Waals surface area contributed by atoms with Gasteiger partial charge in [0.1, 0.15) is 5.75 Å². The van der Waals surface area contributed by atoms with E-state index in [4.69, 9.17) is 9.47 Å². The van der Waals surface area contributed by atoms with Gasteiger partial charge < -0.3 is 14.4 Å². The van der Waals surface area contributed by atoms with Crippen molar-refractivity contribution in [2.24, 2.45) is 0 Å². The van der Waals surface area contributed by atoms with Gasteiger partial charge in [0.15, 0.2) is 0 Å². The van der Waals surface area contributed by atoms with Crippen LogP contribution in [0, 0.1) is 0 Å². The van der Waals surface area contributed by atoms with Gasteiger partial charge in [-0.15, -0.1) is 11.3 Å². The smallest absolute Gasteiger partial charge is 0.264 e. The van der Waals surface area contributed by atoms with Crippen molar-refractivity contribution in [2.75, 3.05) is 25.5 Å². The van der Waals surface area contributed by atoms with Crippen LogP contribution in [-0.2, 0) is 4.74 Å². The van der Waals surface area contributed by atoms with E-state index in [9.17, 15) is 4.79 Å². The number of amides is 1. The molecule has 4 nitrogen and oxygen atoms in total. The van der Waals surface area contributed by atoms with E-state index in [0.29, 0.717) is 18.0 Å². The highest BCUT2D eigenvalue weighted by Gasteiger charge is 2.29. The number of alkyl halides is 1. The van der Waals surface area contributed by atoms with Crippen molar-refractivity contribution in [3.05, 3.63) is 16.3 Å². The zero-order valence-electron chi connectivity index (χ0n) is 10.4. The molecule has 1 fully saturated rings. The minimum Gasteiger partial charge on any atom is -0.496 e. The number of morpholine rings is 1. The summed E-state index contributed by atoms with van der Waals surface area (Å²) in [6, 6.07) is 1.79. The highest BCUT2D eigenvalue weighted by molar-refractivity contribution is 9.09. The molecule has 2 rings (SSSR count). The largest absolute Gasteiger partial charge is 0.496 e. The Kier molecular flexibility index (Phi) is 4.64. The van der Waals surface area contributed by atoms with E-state index in [-0.39, 0.29) is 18.1 Å². The Hall–Kier alpha value is -0.590. The summed E-state index contributed by atoms with van der Waals surface area (Å²) >= 11 is 4.82. The van der Waals surface area contributed by atoms with Crippen molar-refractivity contribution in [1.82, 2.24) is 4.90 Å². The van der Waals surface area contributed by atoms with Crippen LogP contribution in [0.3, 0.4) is 0 Å². The molecule has 2 heterocycles. The maximum atomic E-state index is 12.3. The third kappa shape index (κ3) is 3.05. The first-order valence-electron chi connectivity index (χ1n) is 5.77. The summed E-state index contributed by atoms with van der Waals surface area (Å²) in [5.74, 6) is 0.797. The van der Waals surface area contributed by atoms with Gasteiger partial charge in [0.2, 0.25) is 0 Å². The standard InChI is InChI=1S/C12H16BrNO3S/c1-8-5-14(6-10(4-13)17-8)12(15)11-3-9(16-2)7-18-11/h3,7-8,10H,4-6H2,1-2H3. The summed E-state index contributed by atoms with van der Waals surface area (Å²) < 4.78 is 10.8. The van der Waals surface area contributed by atoms with Crippen LogP contribution in [0.1, 0.15) is 16.6 Å². The van der Waals surface area contributed by atoms with Crippen molar-refractivity contribution in [2.45, 2.75) is 19.1 Å². The van der Waals surface area contributed by atoms with E-state index in [2.05, 4.69) is 15.9 Å². The second kappa shape index (κ2) is 6.04. The van der Waals surface area contributed by atoms with Gasteiger partial charge in [-0.1, -0.05) is 15.9 Å². The minimum atomic E-state index is 0.0596. The predicted molar refractivity (Wildman–Crippen MR) is 74.9 cm³/mol. The minimum absolute atomic E-state index is 0.0596. The fourth-order valence-corrected chi connectivity index (χ4v) is 3.17.